The Morgan fingerprint density at radius 2 is 2.54 bits per heavy atom. The maximum Gasteiger partial charge on any atom is 0.235 e. The summed E-state index contributed by atoms with van der Waals surface area (Å²) >= 11 is 5.35. The molecule has 1 rings (SSSR count). The quantitative estimate of drug-likeness (QED) is 0.537. The van der Waals surface area contributed by atoms with Gasteiger partial charge in [-0.25, -0.2) is 0 Å². The summed E-state index contributed by atoms with van der Waals surface area (Å²) in [6, 6.07) is 0. The maximum absolute atomic E-state index is 10.8. The van der Waals surface area contributed by atoms with E-state index in [2.05, 4.69) is 23.3 Å². The lowest BCUT2D eigenvalue weighted by molar-refractivity contribution is -0.118. The van der Waals surface area contributed by atoms with E-state index in [4.69, 9.17) is 11.6 Å². The van der Waals surface area contributed by atoms with Crippen molar-refractivity contribution in [2.45, 2.75) is 6.42 Å². The van der Waals surface area contributed by atoms with E-state index in [0.29, 0.717) is 6.54 Å². The summed E-state index contributed by atoms with van der Waals surface area (Å²) in [7, 11) is 2.09. The molecule has 1 N–H and O–H groups in total. The van der Waals surface area contributed by atoms with Crippen molar-refractivity contribution in [3.8, 4) is 0 Å². The molecular weight excluding hydrogens is 188 g/mol. The molecule has 0 saturated carbocycles. The minimum Gasteiger partial charge on any atom is -0.351 e. The molecule has 0 spiro atoms. The molecule has 13 heavy (non-hydrogen) atoms. The molecule has 0 radical (unpaired) electrons. The number of carbonyl (C=O) groups is 1. The molecule has 1 amide bonds. The van der Waals surface area contributed by atoms with Crippen LogP contribution in [0, 0.1) is 0 Å². The molecule has 0 aromatic rings. The Bertz CT molecular complexity index is 216. The van der Waals surface area contributed by atoms with Gasteiger partial charge in [-0.1, -0.05) is 11.6 Å². The highest BCUT2D eigenvalue weighted by Crippen LogP contribution is 2.07. The number of likely N-dealkylation sites (N-methyl/N-ethyl adjacent to an activating group) is 1. The van der Waals surface area contributed by atoms with Gasteiger partial charge >= 0.3 is 0 Å². The molecule has 4 heteroatoms. The van der Waals surface area contributed by atoms with E-state index in [0.717, 1.165) is 19.5 Å². The summed E-state index contributed by atoms with van der Waals surface area (Å²) in [6.45, 7) is 2.70. The number of hydrogen-bond donors (Lipinski definition) is 1. The third-order valence-corrected chi connectivity index (χ3v) is 2.38. The van der Waals surface area contributed by atoms with Gasteiger partial charge in [-0.3, -0.25) is 4.79 Å². The number of carbonyl (C=O) groups excluding carboxylic acids is 1. The van der Waals surface area contributed by atoms with Crippen LogP contribution in [-0.2, 0) is 4.79 Å². The lowest BCUT2D eigenvalue weighted by Crippen LogP contribution is -2.31. The standard InChI is InChI=1S/C9H15ClN2O/c1-12-4-2-8(3-5-12)7-11-9(13)6-10/h2H,3-7H2,1H3,(H,11,13). The van der Waals surface area contributed by atoms with Crippen LogP contribution in [-0.4, -0.2) is 43.4 Å². The molecule has 1 aliphatic heterocycles. The summed E-state index contributed by atoms with van der Waals surface area (Å²) < 4.78 is 0. The van der Waals surface area contributed by atoms with E-state index in [1.54, 1.807) is 0 Å². The molecule has 1 heterocycles. The van der Waals surface area contributed by atoms with Crippen LogP contribution in [0.5, 0.6) is 0 Å². The second-order valence-electron chi connectivity index (χ2n) is 3.28. The zero-order valence-electron chi connectivity index (χ0n) is 7.85. The normalized spacial score (nSPS) is 18.2. The summed E-state index contributed by atoms with van der Waals surface area (Å²) in [5.74, 6) is -0.0470. The summed E-state index contributed by atoms with van der Waals surface area (Å²) in [5.41, 5.74) is 1.30. The third kappa shape index (κ3) is 3.79. The highest BCUT2D eigenvalue weighted by atomic mass is 35.5. The van der Waals surface area contributed by atoms with Crippen LogP contribution in [0.2, 0.25) is 0 Å². The highest BCUT2D eigenvalue weighted by Gasteiger charge is 2.07. The van der Waals surface area contributed by atoms with Gasteiger partial charge in [0.05, 0.1) is 0 Å². The fraction of sp³-hybridized carbons (Fsp3) is 0.667. The van der Waals surface area contributed by atoms with Gasteiger partial charge in [-0.15, -0.1) is 11.6 Å². The molecule has 3 nitrogen and oxygen atoms in total. The smallest absolute Gasteiger partial charge is 0.235 e. The molecular formula is C9H15ClN2O. The molecule has 0 atom stereocenters. The molecule has 0 aromatic carbocycles. The van der Waals surface area contributed by atoms with Crippen LogP contribution in [0.25, 0.3) is 0 Å². The Hall–Kier alpha value is -0.540. The minimum atomic E-state index is -0.0958. The van der Waals surface area contributed by atoms with Crippen LogP contribution in [0.3, 0.4) is 0 Å². The van der Waals surface area contributed by atoms with Crippen molar-refractivity contribution in [3.63, 3.8) is 0 Å². The van der Waals surface area contributed by atoms with Crippen LogP contribution in [0.4, 0.5) is 0 Å². The van der Waals surface area contributed by atoms with Crippen molar-refractivity contribution in [2.75, 3.05) is 32.6 Å². The van der Waals surface area contributed by atoms with Crippen LogP contribution in [0.15, 0.2) is 11.6 Å². The zero-order chi connectivity index (χ0) is 9.68. The first-order valence-electron chi connectivity index (χ1n) is 4.41. The second kappa shape index (κ2) is 5.25. The second-order valence-corrected chi connectivity index (χ2v) is 3.55. The van der Waals surface area contributed by atoms with Gasteiger partial charge in [-0.2, -0.15) is 0 Å². The maximum atomic E-state index is 10.8. The van der Waals surface area contributed by atoms with Crippen molar-refractivity contribution >= 4 is 17.5 Å². The van der Waals surface area contributed by atoms with Gasteiger partial charge in [0.25, 0.3) is 0 Å². The van der Waals surface area contributed by atoms with Gasteiger partial charge in [0.15, 0.2) is 0 Å². The van der Waals surface area contributed by atoms with Crippen molar-refractivity contribution < 1.29 is 4.79 Å². The van der Waals surface area contributed by atoms with Crippen molar-refractivity contribution in [3.05, 3.63) is 11.6 Å². The monoisotopic (exact) mass is 202 g/mol. The van der Waals surface area contributed by atoms with Gasteiger partial charge in [0.1, 0.15) is 5.88 Å². The van der Waals surface area contributed by atoms with Gasteiger partial charge < -0.3 is 10.2 Å². The number of amides is 1. The highest BCUT2D eigenvalue weighted by molar-refractivity contribution is 6.27. The molecule has 74 valence electrons. The predicted molar refractivity (Wildman–Crippen MR) is 53.9 cm³/mol. The summed E-state index contributed by atoms with van der Waals surface area (Å²) in [4.78, 5) is 13.1. The van der Waals surface area contributed by atoms with Gasteiger partial charge in [-0.05, 0) is 13.5 Å². The van der Waals surface area contributed by atoms with Crippen molar-refractivity contribution in [1.29, 1.82) is 0 Å². The van der Waals surface area contributed by atoms with Gasteiger partial charge in [0, 0.05) is 19.6 Å². The largest absolute Gasteiger partial charge is 0.351 e. The fourth-order valence-electron chi connectivity index (χ4n) is 1.23. The number of rotatable bonds is 3. The molecule has 0 aliphatic carbocycles. The van der Waals surface area contributed by atoms with E-state index in [9.17, 15) is 4.79 Å². The van der Waals surface area contributed by atoms with Crippen LogP contribution in [0.1, 0.15) is 6.42 Å². The molecule has 0 aromatic heterocycles. The number of nitrogens with one attached hydrogen (secondary N) is 1. The lowest BCUT2D eigenvalue weighted by atomic mass is 10.1. The average Bonchev–Trinajstić information content (AvgIpc) is 2.16. The van der Waals surface area contributed by atoms with Gasteiger partial charge in [0.2, 0.25) is 5.91 Å². The molecule has 0 unspecified atom stereocenters. The first kappa shape index (κ1) is 10.5. The first-order chi connectivity index (χ1) is 6.22. The topological polar surface area (TPSA) is 32.3 Å². The lowest BCUT2D eigenvalue weighted by Gasteiger charge is -2.21. The number of alkyl halides is 1. The molecule has 1 aliphatic rings. The van der Waals surface area contributed by atoms with Crippen molar-refractivity contribution in [2.24, 2.45) is 0 Å². The Kier molecular flexibility index (Phi) is 4.25. The summed E-state index contributed by atoms with van der Waals surface area (Å²) in [5, 5.41) is 2.76. The minimum absolute atomic E-state index is 0.0488. The predicted octanol–water partition coefficient (Wildman–Crippen LogP) is 0.603. The number of halogens is 1. The molecule has 0 fully saturated rings. The Morgan fingerprint density at radius 3 is 3.08 bits per heavy atom. The third-order valence-electron chi connectivity index (χ3n) is 2.14. The Balaban J connectivity index is 2.26. The van der Waals surface area contributed by atoms with E-state index in [1.807, 2.05) is 0 Å². The fourth-order valence-corrected chi connectivity index (χ4v) is 1.33. The Morgan fingerprint density at radius 1 is 1.77 bits per heavy atom. The van der Waals surface area contributed by atoms with Crippen LogP contribution < -0.4 is 5.32 Å². The van der Waals surface area contributed by atoms with E-state index in [-0.39, 0.29) is 11.8 Å². The SMILES string of the molecule is CN1CC=C(CNC(=O)CCl)CC1. The van der Waals surface area contributed by atoms with E-state index >= 15 is 0 Å². The molecule has 0 bridgehead atoms. The van der Waals surface area contributed by atoms with Crippen molar-refractivity contribution in [1.82, 2.24) is 10.2 Å². The number of hydrogen-bond acceptors (Lipinski definition) is 2. The van der Waals surface area contributed by atoms with E-state index in [1.165, 1.54) is 5.57 Å². The van der Waals surface area contributed by atoms with E-state index < -0.39 is 0 Å². The first-order valence-corrected chi connectivity index (χ1v) is 4.95. The number of nitrogens with zero attached hydrogens (tertiary/aromatic N) is 1. The average molecular weight is 203 g/mol. The van der Waals surface area contributed by atoms with Crippen LogP contribution >= 0.6 is 11.6 Å². The molecule has 0 saturated heterocycles. The Labute approximate surface area is 83.7 Å². The summed E-state index contributed by atoms with van der Waals surface area (Å²) in [6.07, 6.45) is 3.21. The zero-order valence-corrected chi connectivity index (χ0v) is 8.60.